The standard InChI is InChI=1S/C16H19N3O7/c1-10(20)18-15(23)17(14(22)16(18,2)3)8-12(21)9-26-13-6-4-11(5-7-13)19(24)25/h4-7,12,21H,8-9H2,1-3H3/t12-/m0/s1. The van der Waals surface area contributed by atoms with E-state index >= 15 is 0 Å². The maximum atomic E-state index is 12.4. The lowest BCUT2D eigenvalue weighted by molar-refractivity contribution is -0.384. The van der Waals surface area contributed by atoms with E-state index in [-0.39, 0.29) is 18.8 Å². The highest BCUT2D eigenvalue weighted by Gasteiger charge is 2.53. The third-order valence-electron chi connectivity index (χ3n) is 3.95. The fourth-order valence-corrected chi connectivity index (χ4v) is 2.68. The topological polar surface area (TPSA) is 130 Å². The summed E-state index contributed by atoms with van der Waals surface area (Å²) in [6, 6.07) is 4.46. The first-order valence-corrected chi connectivity index (χ1v) is 7.77. The summed E-state index contributed by atoms with van der Waals surface area (Å²) >= 11 is 0. The summed E-state index contributed by atoms with van der Waals surface area (Å²) in [7, 11) is 0. The van der Waals surface area contributed by atoms with Gasteiger partial charge >= 0.3 is 6.03 Å². The van der Waals surface area contributed by atoms with E-state index in [1.807, 2.05) is 0 Å². The molecule has 140 valence electrons. The minimum absolute atomic E-state index is 0.0993. The molecule has 1 heterocycles. The number of carbonyl (C=O) groups excluding carboxylic acids is 3. The normalized spacial score (nSPS) is 17.4. The molecule has 0 aliphatic carbocycles. The van der Waals surface area contributed by atoms with Gasteiger partial charge in [-0.05, 0) is 26.0 Å². The molecule has 10 heteroatoms. The van der Waals surface area contributed by atoms with Crippen molar-refractivity contribution in [2.45, 2.75) is 32.4 Å². The molecule has 0 bridgehead atoms. The van der Waals surface area contributed by atoms with Crippen molar-refractivity contribution in [3.8, 4) is 5.75 Å². The van der Waals surface area contributed by atoms with E-state index in [1.165, 1.54) is 45.0 Å². The Morgan fingerprint density at radius 3 is 2.35 bits per heavy atom. The van der Waals surface area contributed by atoms with E-state index in [1.54, 1.807) is 0 Å². The molecule has 1 saturated heterocycles. The second-order valence-electron chi connectivity index (χ2n) is 6.33. The van der Waals surface area contributed by atoms with Crippen molar-refractivity contribution in [1.82, 2.24) is 9.80 Å². The van der Waals surface area contributed by atoms with Gasteiger partial charge in [-0.3, -0.25) is 24.6 Å². The summed E-state index contributed by atoms with van der Waals surface area (Å²) in [5.74, 6) is -0.862. The maximum Gasteiger partial charge on any atom is 0.334 e. The predicted octanol–water partition coefficient (Wildman–Crippen LogP) is 0.924. The van der Waals surface area contributed by atoms with Crippen LogP contribution in [0.25, 0.3) is 0 Å². The molecule has 1 N–H and O–H groups in total. The van der Waals surface area contributed by atoms with Gasteiger partial charge in [-0.15, -0.1) is 0 Å². The van der Waals surface area contributed by atoms with E-state index in [9.17, 15) is 29.6 Å². The van der Waals surface area contributed by atoms with Crippen LogP contribution < -0.4 is 4.74 Å². The molecule has 1 aliphatic rings. The van der Waals surface area contributed by atoms with E-state index in [0.717, 1.165) is 9.80 Å². The van der Waals surface area contributed by atoms with Gasteiger partial charge in [0, 0.05) is 19.1 Å². The van der Waals surface area contributed by atoms with Crippen molar-refractivity contribution in [3.63, 3.8) is 0 Å². The van der Waals surface area contributed by atoms with E-state index < -0.39 is 34.4 Å². The minimum Gasteiger partial charge on any atom is -0.491 e. The molecule has 0 unspecified atom stereocenters. The van der Waals surface area contributed by atoms with Crippen LogP contribution in [0.15, 0.2) is 24.3 Å². The number of β-amino-alcohol motifs (C(OH)–C–C–N with tert-alkyl or cyclic N) is 1. The van der Waals surface area contributed by atoms with Crippen LogP contribution in [-0.4, -0.2) is 62.5 Å². The first-order valence-electron chi connectivity index (χ1n) is 7.77. The summed E-state index contributed by atoms with van der Waals surface area (Å²) in [5.41, 5.74) is -1.42. The Labute approximate surface area is 149 Å². The zero-order valence-corrected chi connectivity index (χ0v) is 14.5. The lowest BCUT2D eigenvalue weighted by atomic mass is 10.0. The van der Waals surface area contributed by atoms with Gasteiger partial charge in [0.2, 0.25) is 5.91 Å². The molecule has 0 saturated carbocycles. The van der Waals surface area contributed by atoms with Crippen LogP contribution >= 0.6 is 0 Å². The zero-order valence-electron chi connectivity index (χ0n) is 14.5. The molecule has 1 aromatic carbocycles. The molecular weight excluding hydrogens is 346 g/mol. The van der Waals surface area contributed by atoms with Crippen molar-refractivity contribution in [3.05, 3.63) is 34.4 Å². The lowest BCUT2D eigenvalue weighted by Gasteiger charge is -2.24. The Balaban J connectivity index is 1.98. The number of carbonyl (C=O) groups is 3. The number of aliphatic hydroxyl groups excluding tert-OH is 1. The highest BCUT2D eigenvalue weighted by Crippen LogP contribution is 2.28. The second kappa shape index (κ2) is 7.08. The van der Waals surface area contributed by atoms with Crippen LogP contribution in [-0.2, 0) is 9.59 Å². The third-order valence-corrected chi connectivity index (χ3v) is 3.95. The van der Waals surface area contributed by atoms with Crippen molar-refractivity contribution in [1.29, 1.82) is 0 Å². The number of hydrogen-bond acceptors (Lipinski definition) is 7. The molecule has 26 heavy (non-hydrogen) atoms. The molecule has 2 rings (SSSR count). The first kappa shape index (κ1) is 19.3. The van der Waals surface area contributed by atoms with Gasteiger partial charge in [0.15, 0.2) is 0 Å². The molecule has 0 spiro atoms. The second-order valence-corrected chi connectivity index (χ2v) is 6.33. The van der Waals surface area contributed by atoms with Crippen LogP contribution in [0, 0.1) is 10.1 Å². The van der Waals surface area contributed by atoms with Gasteiger partial charge in [-0.25, -0.2) is 9.69 Å². The summed E-state index contributed by atoms with van der Waals surface area (Å²) in [5, 5.41) is 20.6. The number of nitro groups is 1. The van der Waals surface area contributed by atoms with E-state index in [4.69, 9.17) is 4.74 Å². The molecule has 10 nitrogen and oxygen atoms in total. The average molecular weight is 365 g/mol. The fourth-order valence-electron chi connectivity index (χ4n) is 2.68. The molecule has 0 radical (unpaired) electrons. The smallest absolute Gasteiger partial charge is 0.334 e. The first-order chi connectivity index (χ1) is 12.1. The average Bonchev–Trinajstić information content (AvgIpc) is 2.72. The van der Waals surface area contributed by atoms with Crippen LogP contribution in [0.5, 0.6) is 5.75 Å². The Hall–Kier alpha value is -3.01. The number of aliphatic hydroxyl groups is 1. The van der Waals surface area contributed by atoms with Gasteiger partial charge in [-0.1, -0.05) is 0 Å². The Kier molecular flexibility index (Phi) is 5.26. The number of amides is 4. The monoisotopic (exact) mass is 365 g/mol. The quantitative estimate of drug-likeness (QED) is 0.451. The van der Waals surface area contributed by atoms with Crippen molar-refractivity contribution in [2.75, 3.05) is 13.2 Å². The van der Waals surface area contributed by atoms with Crippen molar-refractivity contribution >= 4 is 23.5 Å². The minimum atomic E-state index is -1.32. The summed E-state index contributed by atoms with van der Waals surface area (Å²) in [4.78, 5) is 48.0. The molecule has 1 atom stereocenters. The Morgan fingerprint density at radius 1 is 1.31 bits per heavy atom. The number of imide groups is 2. The molecule has 1 aromatic rings. The molecule has 1 fully saturated rings. The van der Waals surface area contributed by atoms with E-state index in [0.29, 0.717) is 5.75 Å². The number of urea groups is 1. The number of hydrogen-bond donors (Lipinski definition) is 1. The Morgan fingerprint density at radius 2 is 1.88 bits per heavy atom. The lowest BCUT2D eigenvalue weighted by Crippen LogP contribution is -2.46. The zero-order chi connectivity index (χ0) is 19.6. The predicted molar refractivity (Wildman–Crippen MR) is 88.3 cm³/mol. The van der Waals surface area contributed by atoms with Crippen molar-refractivity contribution in [2.24, 2.45) is 0 Å². The highest BCUT2D eigenvalue weighted by molar-refractivity contribution is 6.13. The van der Waals surface area contributed by atoms with Gasteiger partial charge < -0.3 is 9.84 Å². The number of non-ortho nitro benzene ring substituents is 1. The maximum absolute atomic E-state index is 12.4. The molecule has 0 aromatic heterocycles. The van der Waals surface area contributed by atoms with Gasteiger partial charge in [0.1, 0.15) is 24.0 Å². The highest BCUT2D eigenvalue weighted by atomic mass is 16.6. The molecule has 1 aliphatic heterocycles. The number of nitro benzene ring substituents is 1. The molecular formula is C16H19N3O7. The van der Waals surface area contributed by atoms with Gasteiger partial charge in [-0.2, -0.15) is 0 Å². The SMILES string of the molecule is CC(=O)N1C(=O)N(C[C@H](O)COc2ccc([N+](=O)[O-])cc2)C(=O)C1(C)C. The van der Waals surface area contributed by atoms with Crippen LogP contribution in [0.4, 0.5) is 10.5 Å². The van der Waals surface area contributed by atoms with E-state index in [2.05, 4.69) is 0 Å². The number of benzene rings is 1. The molecule has 4 amide bonds. The van der Waals surface area contributed by atoms with Gasteiger partial charge in [0.05, 0.1) is 11.5 Å². The van der Waals surface area contributed by atoms with Crippen molar-refractivity contribution < 1.29 is 29.2 Å². The summed E-state index contributed by atoms with van der Waals surface area (Å²) in [6.07, 6.45) is -1.19. The number of nitrogens with zero attached hydrogens (tertiary/aromatic N) is 3. The van der Waals surface area contributed by atoms with Crippen LogP contribution in [0.2, 0.25) is 0 Å². The summed E-state index contributed by atoms with van der Waals surface area (Å²) < 4.78 is 5.31. The Bertz CT molecular complexity index is 745. The van der Waals surface area contributed by atoms with Gasteiger partial charge in [0.25, 0.3) is 11.6 Å². The number of rotatable bonds is 6. The third kappa shape index (κ3) is 3.64. The summed E-state index contributed by atoms with van der Waals surface area (Å²) in [6.45, 7) is 3.51. The van der Waals surface area contributed by atoms with Crippen LogP contribution in [0.1, 0.15) is 20.8 Å². The van der Waals surface area contributed by atoms with Crippen LogP contribution in [0.3, 0.4) is 0 Å². The largest absolute Gasteiger partial charge is 0.491 e. The fraction of sp³-hybridized carbons (Fsp3) is 0.438. The number of ether oxygens (including phenoxy) is 1.